The molecule has 124 valence electrons. The lowest BCUT2D eigenvalue weighted by atomic mass is 10.0. The Kier molecular flexibility index (Phi) is 4.65. The minimum atomic E-state index is -0.113. The fourth-order valence-corrected chi connectivity index (χ4v) is 3.05. The molecule has 4 heteroatoms. The van der Waals surface area contributed by atoms with E-state index >= 15 is 0 Å². The molecule has 1 aliphatic heterocycles. The minimum absolute atomic E-state index is 0.113. The summed E-state index contributed by atoms with van der Waals surface area (Å²) in [5.41, 5.74) is 4.68. The molecule has 0 atom stereocenters. The van der Waals surface area contributed by atoms with Gasteiger partial charge in [0.15, 0.2) is 0 Å². The van der Waals surface area contributed by atoms with Crippen molar-refractivity contribution >= 4 is 23.2 Å². The van der Waals surface area contributed by atoms with Crippen molar-refractivity contribution in [2.75, 3.05) is 17.3 Å². The molecule has 0 bridgehead atoms. The van der Waals surface area contributed by atoms with E-state index < -0.39 is 0 Å². The number of rotatable bonds is 4. The highest BCUT2D eigenvalue weighted by Crippen LogP contribution is 2.29. The maximum Gasteiger partial charge on any atom is 0.255 e. The first-order valence-electron chi connectivity index (χ1n) is 8.38. The third kappa shape index (κ3) is 3.32. The molecular formula is C20H22N2O2. The molecule has 1 N–H and O–H groups in total. The summed E-state index contributed by atoms with van der Waals surface area (Å²) < 4.78 is 0. The largest absolute Gasteiger partial charge is 0.322 e. The van der Waals surface area contributed by atoms with Gasteiger partial charge in [0.2, 0.25) is 5.91 Å². The molecule has 0 fully saturated rings. The second-order valence-corrected chi connectivity index (χ2v) is 6.20. The lowest BCUT2D eigenvalue weighted by molar-refractivity contribution is -0.118. The van der Waals surface area contributed by atoms with Crippen molar-refractivity contribution in [1.29, 1.82) is 0 Å². The number of anilines is 2. The predicted molar refractivity (Wildman–Crippen MR) is 96.6 cm³/mol. The third-order valence-corrected chi connectivity index (χ3v) is 4.44. The maximum atomic E-state index is 12.4. The topological polar surface area (TPSA) is 49.4 Å². The second kappa shape index (κ2) is 6.87. The van der Waals surface area contributed by atoms with E-state index in [9.17, 15) is 9.59 Å². The van der Waals surface area contributed by atoms with Gasteiger partial charge in [-0.3, -0.25) is 9.59 Å². The average Bonchev–Trinajstić information content (AvgIpc) is 2.59. The van der Waals surface area contributed by atoms with E-state index in [0.29, 0.717) is 18.4 Å². The molecule has 2 aromatic carbocycles. The van der Waals surface area contributed by atoms with Crippen molar-refractivity contribution in [2.45, 2.75) is 32.6 Å². The number of nitrogens with one attached hydrogen (secondary N) is 1. The number of amides is 2. The van der Waals surface area contributed by atoms with Crippen LogP contribution in [0.5, 0.6) is 0 Å². The fraction of sp³-hybridized carbons (Fsp3) is 0.300. The number of benzene rings is 2. The van der Waals surface area contributed by atoms with Crippen LogP contribution in [0.15, 0.2) is 42.5 Å². The van der Waals surface area contributed by atoms with Crippen LogP contribution >= 0.6 is 0 Å². The lowest BCUT2D eigenvalue weighted by Crippen LogP contribution is -2.31. The van der Waals surface area contributed by atoms with Crippen molar-refractivity contribution in [1.82, 2.24) is 0 Å². The SMILES string of the molecule is CCCc1ccc(C(=O)Nc2ccc3c(c2)CCC(=O)N3C)cc1. The Morgan fingerprint density at radius 3 is 2.58 bits per heavy atom. The Labute approximate surface area is 142 Å². The van der Waals surface area contributed by atoms with Gasteiger partial charge in [0.05, 0.1) is 0 Å². The van der Waals surface area contributed by atoms with E-state index in [1.54, 1.807) is 11.9 Å². The van der Waals surface area contributed by atoms with Gasteiger partial charge in [-0.1, -0.05) is 25.5 Å². The standard InChI is InChI=1S/C20H22N2O2/c1-3-4-14-5-7-15(8-6-14)20(24)21-17-10-11-18-16(13-17)9-12-19(23)22(18)2/h5-8,10-11,13H,3-4,9,12H2,1-2H3,(H,21,24). The molecule has 0 saturated carbocycles. The normalized spacial score (nSPS) is 13.6. The molecule has 1 aliphatic rings. The molecule has 0 radical (unpaired) electrons. The van der Waals surface area contributed by atoms with E-state index in [1.165, 1.54) is 5.56 Å². The van der Waals surface area contributed by atoms with Gasteiger partial charge in [-0.2, -0.15) is 0 Å². The number of hydrogen-bond acceptors (Lipinski definition) is 2. The molecule has 0 aromatic heterocycles. The zero-order valence-electron chi connectivity index (χ0n) is 14.1. The molecular weight excluding hydrogens is 300 g/mol. The van der Waals surface area contributed by atoms with Crippen LogP contribution < -0.4 is 10.2 Å². The molecule has 1 heterocycles. The van der Waals surface area contributed by atoms with Crippen LogP contribution in [0.2, 0.25) is 0 Å². The summed E-state index contributed by atoms with van der Waals surface area (Å²) >= 11 is 0. The van der Waals surface area contributed by atoms with Crippen molar-refractivity contribution in [3.8, 4) is 0 Å². The Bertz CT molecular complexity index is 766. The van der Waals surface area contributed by atoms with Crippen molar-refractivity contribution in [3.63, 3.8) is 0 Å². The molecule has 2 amide bonds. The van der Waals surface area contributed by atoms with Crippen LogP contribution in [0.25, 0.3) is 0 Å². The van der Waals surface area contributed by atoms with Gasteiger partial charge in [0.1, 0.15) is 0 Å². The molecule has 3 rings (SSSR count). The smallest absolute Gasteiger partial charge is 0.255 e. The summed E-state index contributed by atoms with van der Waals surface area (Å²) in [6.45, 7) is 2.14. The molecule has 4 nitrogen and oxygen atoms in total. The average molecular weight is 322 g/mol. The fourth-order valence-electron chi connectivity index (χ4n) is 3.05. The van der Waals surface area contributed by atoms with Gasteiger partial charge in [0, 0.05) is 30.4 Å². The summed E-state index contributed by atoms with van der Waals surface area (Å²) in [4.78, 5) is 25.8. The van der Waals surface area contributed by atoms with E-state index in [2.05, 4.69) is 12.2 Å². The number of hydrogen-bond donors (Lipinski definition) is 1. The number of fused-ring (bicyclic) bond motifs is 1. The van der Waals surface area contributed by atoms with Gasteiger partial charge in [-0.05, 0) is 54.3 Å². The Morgan fingerprint density at radius 1 is 1.12 bits per heavy atom. The van der Waals surface area contributed by atoms with Gasteiger partial charge >= 0.3 is 0 Å². The summed E-state index contributed by atoms with van der Waals surface area (Å²) in [5.74, 6) is 0.0182. The van der Waals surface area contributed by atoms with Crippen LogP contribution in [-0.2, 0) is 17.6 Å². The van der Waals surface area contributed by atoms with Crippen LogP contribution in [0.4, 0.5) is 11.4 Å². The van der Waals surface area contributed by atoms with Crippen molar-refractivity contribution in [2.24, 2.45) is 0 Å². The maximum absolute atomic E-state index is 12.4. The molecule has 0 unspecified atom stereocenters. The predicted octanol–water partition coefficient (Wildman–Crippen LogP) is 3.80. The van der Waals surface area contributed by atoms with E-state index in [1.807, 2.05) is 42.5 Å². The monoisotopic (exact) mass is 322 g/mol. The zero-order chi connectivity index (χ0) is 17.1. The summed E-state index contributed by atoms with van der Waals surface area (Å²) in [6, 6.07) is 13.4. The van der Waals surface area contributed by atoms with Crippen molar-refractivity contribution in [3.05, 3.63) is 59.2 Å². The van der Waals surface area contributed by atoms with Crippen LogP contribution in [0, 0.1) is 0 Å². The molecule has 24 heavy (non-hydrogen) atoms. The lowest BCUT2D eigenvalue weighted by Gasteiger charge is -2.26. The number of carbonyl (C=O) groups is 2. The van der Waals surface area contributed by atoms with Crippen LogP contribution in [-0.4, -0.2) is 18.9 Å². The highest BCUT2D eigenvalue weighted by Gasteiger charge is 2.21. The first kappa shape index (κ1) is 16.2. The van der Waals surface area contributed by atoms with E-state index in [-0.39, 0.29) is 11.8 Å². The first-order chi connectivity index (χ1) is 11.6. The van der Waals surface area contributed by atoms with Gasteiger partial charge in [0.25, 0.3) is 5.91 Å². The highest BCUT2D eigenvalue weighted by atomic mass is 16.2. The van der Waals surface area contributed by atoms with Gasteiger partial charge in [-0.25, -0.2) is 0 Å². The number of carbonyl (C=O) groups excluding carboxylic acids is 2. The Hall–Kier alpha value is -2.62. The van der Waals surface area contributed by atoms with Gasteiger partial charge < -0.3 is 10.2 Å². The van der Waals surface area contributed by atoms with E-state index in [4.69, 9.17) is 0 Å². The second-order valence-electron chi connectivity index (χ2n) is 6.20. The third-order valence-electron chi connectivity index (χ3n) is 4.44. The minimum Gasteiger partial charge on any atom is -0.322 e. The molecule has 0 spiro atoms. The molecule has 0 aliphatic carbocycles. The Balaban J connectivity index is 1.74. The quantitative estimate of drug-likeness (QED) is 0.931. The Morgan fingerprint density at radius 2 is 1.88 bits per heavy atom. The summed E-state index contributed by atoms with van der Waals surface area (Å²) in [7, 11) is 1.79. The zero-order valence-corrected chi connectivity index (χ0v) is 14.1. The summed E-state index contributed by atoms with van der Waals surface area (Å²) in [6.07, 6.45) is 3.35. The van der Waals surface area contributed by atoms with Gasteiger partial charge in [-0.15, -0.1) is 0 Å². The van der Waals surface area contributed by atoms with Crippen molar-refractivity contribution < 1.29 is 9.59 Å². The van der Waals surface area contributed by atoms with Crippen LogP contribution in [0.3, 0.4) is 0 Å². The van der Waals surface area contributed by atoms with Crippen LogP contribution in [0.1, 0.15) is 41.3 Å². The van der Waals surface area contributed by atoms with E-state index in [0.717, 1.165) is 29.8 Å². The number of nitrogens with zero attached hydrogens (tertiary/aromatic N) is 1. The summed E-state index contributed by atoms with van der Waals surface area (Å²) in [5, 5.41) is 2.94. The molecule has 2 aromatic rings. The highest BCUT2D eigenvalue weighted by molar-refractivity contribution is 6.04. The number of aryl methyl sites for hydroxylation is 2. The first-order valence-corrected chi connectivity index (χ1v) is 8.38. The molecule has 0 saturated heterocycles.